The van der Waals surface area contributed by atoms with Gasteiger partial charge in [-0.1, -0.05) is 13.3 Å². The molecule has 0 aromatic heterocycles. The summed E-state index contributed by atoms with van der Waals surface area (Å²) in [5, 5.41) is 0. The zero-order chi connectivity index (χ0) is 7.33. The number of rotatable bonds is 4. The van der Waals surface area contributed by atoms with Crippen molar-refractivity contribution in [1.29, 1.82) is 0 Å². The summed E-state index contributed by atoms with van der Waals surface area (Å²) in [4.78, 5) is 16.3. The van der Waals surface area contributed by atoms with Gasteiger partial charge in [0.05, 0.1) is 6.61 Å². The second kappa shape index (κ2) is 7.40. The van der Waals surface area contributed by atoms with Crippen LogP contribution < -0.4 is 0 Å². The third kappa shape index (κ3) is 12.4. The number of phosphoric acid groups is 1. The van der Waals surface area contributed by atoms with E-state index < -0.39 is 7.82 Å². The van der Waals surface area contributed by atoms with Gasteiger partial charge >= 0.3 is 59.2 Å². The van der Waals surface area contributed by atoms with Crippen LogP contribution in [0.4, 0.5) is 0 Å². The fourth-order valence-electron chi connectivity index (χ4n) is 0.328. The van der Waals surface area contributed by atoms with Crippen molar-refractivity contribution < 1.29 is 18.9 Å². The van der Waals surface area contributed by atoms with Gasteiger partial charge in [0.1, 0.15) is 0 Å². The average molecular weight is 194 g/mol. The minimum absolute atomic E-state index is 0. The molecule has 0 heterocycles. The third-order valence-electron chi connectivity index (χ3n) is 0.757. The van der Waals surface area contributed by atoms with Gasteiger partial charge in [0.15, 0.2) is 0 Å². The number of hydrogen-bond acceptors (Lipinski definition) is 2. The van der Waals surface area contributed by atoms with E-state index in [0.717, 1.165) is 6.42 Å². The summed E-state index contributed by atoms with van der Waals surface area (Å²) in [7, 11) is -4.20. The summed E-state index contributed by atoms with van der Waals surface area (Å²) in [6, 6.07) is 0. The summed E-state index contributed by atoms with van der Waals surface area (Å²) in [6.07, 6.45) is 1.56. The van der Waals surface area contributed by atoms with E-state index in [1.165, 1.54) is 0 Å². The van der Waals surface area contributed by atoms with Crippen LogP contribution >= 0.6 is 7.82 Å². The average Bonchev–Trinajstić information content (AvgIpc) is 1.63. The number of hydrogen-bond donors (Lipinski definition) is 2. The molecule has 0 aliphatic rings. The number of unbranched alkanes of at least 4 members (excludes halogenated alkanes) is 1. The summed E-state index contributed by atoms with van der Waals surface area (Å²) < 4.78 is 14.1. The molecule has 0 atom stereocenters. The summed E-state index contributed by atoms with van der Waals surface area (Å²) >= 11 is 0. The van der Waals surface area contributed by atoms with Crippen molar-refractivity contribution in [2.75, 3.05) is 6.61 Å². The second-order valence-electron chi connectivity index (χ2n) is 1.68. The molecule has 0 amide bonds. The van der Waals surface area contributed by atoms with Crippen LogP contribution in [0.25, 0.3) is 0 Å². The Morgan fingerprint density at radius 3 is 2.30 bits per heavy atom. The maximum absolute atomic E-state index is 9.98. The normalized spacial score (nSPS) is 10.7. The second-order valence-corrected chi connectivity index (χ2v) is 2.92. The van der Waals surface area contributed by atoms with E-state index in [2.05, 4.69) is 4.52 Å². The van der Waals surface area contributed by atoms with Crippen LogP contribution in [-0.4, -0.2) is 67.8 Å². The SMILES string of the molecule is CCCCOP(=O)(O)O.[KH]. The van der Waals surface area contributed by atoms with Gasteiger partial charge in [-0.05, 0) is 6.42 Å². The molecule has 0 aromatic carbocycles. The van der Waals surface area contributed by atoms with Gasteiger partial charge in [0, 0.05) is 0 Å². The first kappa shape index (κ1) is 14.3. The van der Waals surface area contributed by atoms with Gasteiger partial charge in [0.2, 0.25) is 0 Å². The van der Waals surface area contributed by atoms with E-state index in [4.69, 9.17) is 9.79 Å². The predicted octanol–water partition coefficient (Wildman–Crippen LogP) is 0.247. The molecule has 0 radical (unpaired) electrons. The first-order valence-corrected chi connectivity index (χ1v) is 4.29. The van der Waals surface area contributed by atoms with Crippen LogP contribution in [-0.2, 0) is 9.09 Å². The molecule has 58 valence electrons. The van der Waals surface area contributed by atoms with E-state index in [1.807, 2.05) is 6.92 Å². The monoisotopic (exact) mass is 194 g/mol. The van der Waals surface area contributed by atoms with E-state index in [1.54, 1.807) is 0 Å². The van der Waals surface area contributed by atoms with E-state index in [0.29, 0.717) is 6.42 Å². The molecule has 0 spiro atoms. The molecule has 0 rings (SSSR count). The Hall–Kier alpha value is 1.75. The molecule has 0 aliphatic carbocycles. The summed E-state index contributed by atoms with van der Waals surface area (Å²) in [5.41, 5.74) is 0. The van der Waals surface area contributed by atoms with E-state index in [-0.39, 0.29) is 58.0 Å². The van der Waals surface area contributed by atoms with E-state index in [9.17, 15) is 4.57 Å². The van der Waals surface area contributed by atoms with Crippen molar-refractivity contribution in [2.45, 2.75) is 19.8 Å². The van der Waals surface area contributed by atoms with Crippen molar-refractivity contribution in [2.24, 2.45) is 0 Å². The third-order valence-corrected chi connectivity index (χ3v) is 1.28. The standard InChI is InChI=1S/C4H11O4P.K.H/c1-2-3-4-8-9(5,6)7;;/h2-4H2,1H3,(H2,5,6,7);;. The summed E-state index contributed by atoms with van der Waals surface area (Å²) in [6.45, 7) is 2.06. The Kier molecular flexibility index (Phi) is 10.6. The molecular formula is C4H12KO4P. The van der Waals surface area contributed by atoms with Gasteiger partial charge in [-0.2, -0.15) is 0 Å². The molecule has 4 nitrogen and oxygen atoms in total. The molecule has 10 heavy (non-hydrogen) atoms. The van der Waals surface area contributed by atoms with Crippen molar-refractivity contribution in [3.8, 4) is 0 Å². The van der Waals surface area contributed by atoms with Gasteiger partial charge in [0.25, 0.3) is 0 Å². The molecular weight excluding hydrogens is 182 g/mol. The topological polar surface area (TPSA) is 66.8 Å². The Balaban J connectivity index is 0. The van der Waals surface area contributed by atoms with Crippen LogP contribution in [0.1, 0.15) is 19.8 Å². The molecule has 0 unspecified atom stereocenters. The molecule has 0 saturated carbocycles. The Labute approximate surface area is 103 Å². The quantitative estimate of drug-likeness (QED) is 0.382. The van der Waals surface area contributed by atoms with E-state index >= 15 is 0 Å². The van der Waals surface area contributed by atoms with Crippen LogP contribution in [0.3, 0.4) is 0 Å². The molecule has 6 heteroatoms. The summed E-state index contributed by atoms with van der Waals surface area (Å²) in [5.74, 6) is 0. The minimum atomic E-state index is -4.20. The molecule has 0 aliphatic heterocycles. The van der Waals surface area contributed by atoms with Crippen LogP contribution in [0.2, 0.25) is 0 Å². The van der Waals surface area contributed by atoms with Gasteiger partial charge in [-0.15, -0.1) is 0 Å². The van der Waals surface area contributed by atoms with Crippen molar-refractivity contribution in [1.82, 2.24) is 0 Å². The fourth-order valence-corrected chi connectivity index (χ4v) is 0.695. The zero-order valence-electron chi connectivity index (χ0n) is 5.28. The van der Waals surface area contributed by atoms with Crippen molar-refractivity contribution >= 4 is 59.2 Å². The van der Waals surface area contributed by atoms with Crippen LogP contribution in [0, 0.1) is 0 Å². The molecule has 0 saturated heterocycles. The Morgan fingerprint density at radius 2 is 2.00 bits per heavy atom. The molecule has 0 aromatic rings. The van der Waals surface area contributed by atoms with Crippen molar-refractivity contribution in [3.63, 3.8) is 0 Å². The molecule has 2 N–H and O–H groups in total. The number of phosphoric ester groups is 1. The molecule has 0 bridgehead atoms. The molecule has 0 fully saturated rings. The fraction of sp³-hybridized carbons (Fsp3) is 1.00. The Morgan fingerprint density at radius 1 is 1.50 bits per heavy atom. The zero-order valence-corrected chi connectivity index (χ0v) is 6.17. The Bertz CT molecular complexity index is 112. The first-order chi connectivity index (χ1) is 4.06. The van der Waals surface area contributed by atoms with Crippen LogP contribution in [0.5, 0.6) is 0 Å². The first-order valence-electron chi connectivity index (χ1n) is 2.76. The van der Waals surface area contributed by atoms with Gasteiger partial charge < -0.3 is 9.79 Å². The predicted molar refractivity (Wildman–Crippen MR) is 40.1 cm³/mol. The van der Waals surface area contributed by atoms with Crippen LogP contribution in [0.15, 0.2) is 0 Å². The van der Waals surface area contributed by atoms with Gasteiger partial charge in [-0.25, -0.2) is 4.57 Å². The maximum atomic E-state index is 9.98. The van der Waals surface area contributed by atoms with Crippen molar-refractivity contribution in [3.05, 3.63) is 0 Å². The van der Waals surface area contributed by atoms with Gasteiger partial charge in [-0.3, -0.25) is 4.52 Å².